The lowest BCUT2D eigenvalue weighted by Gasteiger charge is -2.13. The summed E-state index contributed by atoms with van der Waals surface area (Å²) in [6.45, 7) is 3.97. The maximum atomic E-state index is 12.9. The van der Waals surface area contributed by atoms with Crippen molar-refractivity contribution >= 4 is 57.2 Å². The predicted octanol–water partition coefficient (Wildman–Crippen LogP) is 8.16. The summed E-state index contributed by atoms with van der Waals surface area (Å²) >= 11 is 6.62. The smallest absolute Gasteiger partial charge is 0.271 e. The third kappa shape index (κ3) is 4.53. The van der Waals surface area contributed by atoms with Crippen molar-refractivity contribution in [2.75, 3.05) is 19.8 Å². The second kappa shape index (κ2) is 10.3. The van der Waals surface area contributed by atoms with Gasteiger partial charge in [0.25, 0.3) is 11.8 Å². The molecule has 4 aromatic heterocycles. The summed E-state index contributed by atoms with van der Waals surface area (Å²) in [5.74, 6) is -0.274. The number of thiophene rings is 4. The van der Waals surface area contributed by atoms with Gasteiger partial charge in [-0.2, -0.15) is 0 Å². The second-order valence-electron chi connectivity index (χ2n) is 8.78. The number of hydrogen-bond acceptors (Lipinski definition) is 8. The summed E-state index contributed by atoms with van der Waals surface area (Å²) in [6, 6.07) is 14.7. The van der Waals surface area contributed by atoms with E-state index in [1.807, 2.05) is 6.07 Å². The van der Waals surface area contributed by atoms with E-state index in [4.69, 9.17) is 9.47 Å². The van der Waals surface area contributed by atoms with Crippen molar-refractivity contribution in [2.45, 2.75) is 38.9 Å². The number of imide groups is 1. The Balaban J connectivity index is 1.16. The molecule has 5 nitrogen and oxygen atoms in total. The van der Waals surface area contributed by atoms with Crippen molar-refractivity contribution in [3.63, 3.8) is 0 Å². The summed E-state index contributed by atoms with van der Waals surface area (Å²) in [5.41, 5.74) is 0.563. The van der Waals surface area contributed by atoms with Crippen LogP contribution >= 0.6 is 45.3 Å². The van der Waals surface area contributed by atoms with Crippen molar-refractivity contribution in [2.24, 2.45) is 0 Å². The first kappa shape index (κ1) is 24.2. The van der Waals surface area contributed by atoms with E-state index in [1.165, 1.54) is 35.7 Å². The van der Waals surface area contributed by atoms with E-state index in [1.54, 1.807) is 34.0 Å². The van der Waals surface area contributed by atoms with Crippen LogP contribution in [0.15, 0.2) is 42.5 Å². The highest BCUT2D eigenvalue weighted by atomic mass is 32.1. The lowest BCUT2D eigenvalue weighted by Crippen LogP contribution is -2.30. The van der Waals surface area contributed by atoms with E-state index >= 15 is 0 Å². The number of fused-ring (bicyclic) bond motifs is 1. The molecule has 0 aliphatic carbocycles. The zero-order valence-electron chi connectivity index (χ0n) is 19.8. The Labute approximate surface area is 225 Å². The molecular weight excluding hydrogens is 531 g/mol. The first-order chi connectivity index (χ1) is 17.6. The number of carbonyl (C=O) groups is 2. The molecule has 2 amide bonds. The molecule has 2 aliphatic heterocycles. The second-order valence-corrected chi connectivity index (χ2v) is 13.1. The Hall–Kier alpha value is -2.14. The van der Waals surface area contributed by atoms with Crippen LogP contribution in [0.3, 0.4) is 0 Å². The van der Waals surface area contributed by atoms with Gasteiger partial charge in [-0.1, -0.05) is 26.2 Å². The SMILES string of the molecule is CCCCCCN1C(=O)c2cc(-c3ccc(-c4ccc(-c5ccc(C6OCCO6)s5)s4)s3)sc2C1=O. The highest BCUT2D eigenvalue weighted by molar-refractivity contribution is 7.28. The van der Waals surface area contributed by atoms with Crippen LogP contribution in [-0.4, -0.2) is 36.5 Å². The molecule has 0 saturated carbocycles. The van der Waals surface area contributed by atoms with Crippen LogP contribution in [-0.2, 0) is 9.47 Å². The molecule has 0 radical (unpaired) electrons. The lowest BCUT2D eigenvalue weighted by atomic mass is 10.2. The number of hydrogen-bond donors (Lipinski definition) is 0. The van der Waals surface area contributed by atoms with Gasteiger partial charge in [0.05, 0.1) is 23.7 Å². The highest BCUT2D eigenvalue weighted by Crippen LogP contribution is 2.45. The van der Waals surface area contributed by atoms with E-state index in [0.29, 0.717) is 30.2 Å². The van der Waals surface area contributed by atoms with Gasteiger partial charge in [-0.15, -0.1) is 45.3 Å². The third-order valence-electron chi connectivity index (χ3n) is 6.30. The fourth-order valence-electron chi connectivity index (χ4n) is 4.43. The highest BCUT2D eigenvalue weighted by Gasteiger charge is 2.37. The number of amides is 2. The zero-order chi connectivity index (χ0) is 24.6. The minimum Gasteiger partial charge on any atom is -0.345 e. The Bertz CT molecular complexity index is 1370. The van der Waals surface area contributed by atoms with Crippen LogP contribution in [0.2, 0.25) is 0 Å². The largest absolute Gasteiger partial charge is 0.345 e. The molecule has 0 aromatic carbocycles. The van der Waals surface area contributed by atoms with E-state index in [0.717, 1.165) is 40.3 Å². The van der Waals surface area contributed by atoms with Crippen LogP contribution in [0.4, 0.5) is 0 Å². The fraction of sp³-hybridized carbons (Fsp3) is 0.333. The molecule has 2 aliphatic rings. The van der Waals surface area contributed by atoms with Gasteiger partial charge in [0.15, 0.2) is 6.29 Å². The van der Waals surface area contributed by atoms with Crippen molar-refractivity contribution < 1.29 is 19.1 Å². The van der Waals surface area contributed by atoms with E-state index in [9.17, 15) is 9.59 Å². The fourth-order valence-corrected chi connectivity index (χ4v) is 8.81. The summed E-state index contributed by atoms with van der Waals surface area (Å²) in [7, 11) is 0. The Morgan fingerprint density at radius 2 is 1.36 bits per heavy atom. The van der Waals surface area contributed by atoms with Crippen LogP contribution in [0.5, 0.6) is 0 Å². The number of rotatable bonds is 9. The van der Waals surface area contributed by atoms with Gasteiger partial charge in [-0.3, -0.25) is 14.5 Å². The molecule has 0 spiro atoms. The minimum atomic E-state index is -0.234. The van der Waals surface area contributed by atoms with E-state index < -0.39 is 0 Å². The van der Waals surface area contributed by atoms with Gasteiger partial charge in [0.1, 0.15) is 4.88 Å². The topological polar surface area (TPSA) is 55.8 Å². The quantitative estimate of drug-likeness (QED) is 0.154. The molecule has 4 aromatic rings. The van der Waals surface area contributed by atoms with Gasteiger partial charge < -0.3 is 9.47 Å². The standard InChI is InChI=1S/C27H25NO4S4/c1-2-3-4-5-12-28-25(29)16-15-23(36-24(16)26(28)30)21-9-8-18(34-21)17-6-7-19(33-17)20-10-11-22(35-20)27-31-13-14-32-27/h6-11,15,27H,2-5,12-14H2,1H3. The van der Waals surface area contributed by atoms with Crippen LogP contribution < -0.4 is 0 Å². The number of carbonyl (C=O) groups excluding carboxylic acids is 2. The Kier molecular flexibility index (Phi) is 6.94. The molecule has 0 N–H and O–H groups in total. The van der Waals surface area contributed by atoms with E-state index in [2.05, 4.69) is 43.3 Å². The minimum absolute atomic E-state index is 0.133. The summed E-state index contributed by atoms with van der Waals surface area (Å²) in [6.07, 6.45) is 3.95. The lowest BCUT2D eigenvalue weighted by molar-refractivity contribution is -0.0413. The zero-order valence-corrected chi connectivity index (χ0v) is 23.0. The van der Waals surface area contributed by atoms with Gasteiger partial charge in [-0.05, 0) is 48.9 Å². The maximum Gasteiger partial charge on any atom is 0.271 e. The van der Waals surface area contributed by atoms with Crippen molar-refractivity contribution in [3.05, 3.63) is 57.8 Å². The molecule has 0 unspecified atom stereocenters. The first-order valence-electron chi connectivity index (χ1n) is 12.2. The molecule has 0 bridgehead atoms. The van der Waals surface area contributed by atoms with Crippen molar-refractivity contribution in [1.82, 2.24) is 4.90 Å². The maximum absolute atomic E-state index is 12.9. The number of unbranched alkanes of at least 4 members (excludes halogenated alkanes) is 3. The van der Waals surface area contributed by atoms with Gasteiger partial charge in [0.2, 0.25) is 0 Å². The normalized spacial score (nSPS) is 16.0. The van der Waals surface area contributed by atoms with E-state index in [-0.39, 0.29) is 18.1 Å². The third-order valence-corrected chi connectivity index (χ3v) is 11.3. The molecule has 0 atom stereocenters. The van der Waals surface area contributed by atoms with Gasteiger partial charge in [0, 0.05) is 35.8 Å². The van der Waals surface area contributed by atoms with Gasteiger partial charge in [-0.25, -0.2) is 0 Å². The molecular formula is C27H25NO4S4. The van der Waals surface area contributed by atoms with Crippen LogP contribution in [0.25, 0.3) is 29.3 Å². The molecule has 1 saturated heterocycles. The van der Waals surface area contributed by atoms with Gasteiger partial charge >= 0.3 is 0 Å². The monoisotopic (exact) mass is 555 g/mol. The van der Waals surface area contributed by atoms with Crippen LogP contribution in [0, 0.1) is 0 Å². The van der Waals surface area contributed by atoms with Crippen LogP contribution in [0.1, 0.15) is 63.8 Å². The summed E-state index contributed by atoms with van der Waals surface area (Å²) in [5, 5.41) is 0. The Morgan fingerprint density at radius 3 is 2.00 bits per heavy atom. The first-order valence-corrected chi connectivity index (χ1v) is 15.4. The summed E-state index contributed by atoms with van der Waals surface area (Å²) in [4.78, 5) is 35.7. The van der Waals surface area contributed by atoms with Crippen molar-refractivity contribution in [3.8, 4) is 29.3 Å². The summed E-state index contributed by atoms with van der Waals surface area (Å²) < 4.78 is 11.2. The molecule has 36 heavy (non-hydrogen) atoms. The number of nitrogens with zero attached hydrogens (tertiary/aromatic N) is 1. The predicted molar refractivity (Wildman–Crippen MR) is 148 cm³/mol. The molecule has 9 heteroatoms. The average molecular weight is 556 g/mol. The number of ether oxygens (including phenoxy) is 2. The average Bonchev–Trinajstić information content (AvgIpc) is 3.70. The molecule has 186 valence electrons. The van der Waals surface area contributed by atoms with Crippen molar-refractivity contribution in [1.29, 1.82) is 0 Å². The molecule has 6 heterocycles. The molecule has 6 rings (SSSR count). The molecule has 1 fully saturated rings. The Morgan fingerprint density at radius 1 is 0.750 bits per heavy atom.